The summed E-state index contributed by atoms with van der Waals surface area (Å²) in [4.78, 5) is 49.8. The second kappa shape index (κ2) is 32.6. The molecule has 0 radical (unpaired) electrons. The minimum atomic E-state index is -0.413. The Morgan fingerprint density at radius 2 is 0.750 bits per heavy atom. The van der Waals surface area contributed by atoms with E-state index in [2.05, 4.69) is 246 Å². The highest BCUT2D eigenvalue weighted by Gasteiger charge is 2.71. The van der Waals surface area contributed by atoms with Crippen LogP contribution in [0.5, 0.6) is 0 Å². The van der Waals surface area contributed by atoms with E-state index in [4.69, 9.17) is 28.0 Å². The molecule has 12 fully saturated rings. The van der Waals surface area contributed by atoms with E-state index in [1.807, 2.05) is 25.4 Å². The van der Waals surface area contributed by atoms with Crippen LogP contribution in [0.4, 0.5) is 0 Å². The van der Waals surface area contributed by atoms with Gasteiger partial charge in [-0.1, -0.05) is 270 Å². The summed E-state index contributed by atoms with van der Waals surface area (Å²) >= 11 is 0. The van der Waals surface area contributed by atoms with Crippen molar-refractivity contribution in [2.75, 3.05) is 26.4 Å². The lowest BCUT2D eigenvalue weighted by molar-refractivity contribution is -0.286. The molecule has 726 valence electrons. The zero-order valence-electron chi connectivity index (χ0n) is 87.3. The average molecular weight is 1810 g/mol. The van der Waals surface area contributed by atoms with Crippen molar-refractivity contribution in [3.8, 4) is 0 Å². The van der Waals surface area contributed by atoms with Crippen molar-refractivity contribution in [1.82, 2.24) is 10.3 Å². The van der Waals surface area contributed by atoms with Gasteiger partial charge < -0.3 is 38.2 Å². The van der Waals surface area contributed by atoms with Crippen molar-refractivity contribution >= 4 is 23.1 Å². The number of nitrogens with zero attached hydrogens (tertiary/aromatic N) is 2. The third-order valence-corrected chi connectivity index (χ3v) is 43.4. The van der Waals surface area contributed by atoms with E-state index in [-0.39, 0.29) is 115 Å². The van der Waals surface area contributed by atoms with Gasteiger partial charge in [0.1, 0.15) is 28.9 Å². The molecular weight excluding hydrogens is 1640 g/mol. The van der Waals surface area contributed by atoms with E-state index in [0.29, 0.717) is 78.4 Å². The van der Waals surface area contributed by atoms with Gasteiger partial charge >= 0.3 is 0 Å². The predicted octanol–water partition coefficient (Wildman–Crippen LogP) is 27.1. The third kappa shape index (κ3) is 14.5. The molecule has 14 heteroatoms. The van der Waals surface area contributed by atoms with Crippen LogP contribution in [0.3, 0.4) is 0 Å². The Morgan fingerprint density at radius 1 is 0.356 bits per heavy atom. The summed E-state index contributed by atoms with van der Waals surface area (Å²) in [5.41, 5.74) is 16.1. The van der Waals surface area contributed by atoms with Gasteiger partial charge in [-0.15, -0.1) is 0 Å². The summed E-state index contributed by atoms with van der Waals surface area (Å²) in [6.07, 6.45) is 54.7. The number of hydrogen-bond donors (Lipinski definition) is 2. The second-order valence-electron chi connectivity index (χ2n) is 53.2. The first-order valence-electron chi connectivity index (χ1n) is 52.6. The maximum absolute atomic E-state index is 12.7. The molecule has 0 aromatic carbocycles. The Kier molecular flexibility index (Phi) is 24.2. The van der Waals surface area contributed by atoms with E-state index in [0.717, 1.165) is 184 Å². The highest BCUT2D eigenvalue weighted by molar-refractivity contribution is 6.05. The Balaban J connectivity index is 0.000000111. The lowest BCUT2D eigenvalue weighted by Gasteiger charge is -2.65. The molecule has 2 spiro atoms. The van der Waals surface area contributed by atoms with Gasteiger partial charge in [0.05, 0.1) is 51.0 Å². The number of allylic oxidation sites excluding steroid dienone is 16. The van der Waals surface area contributed by atoms with Gasteiger partial charge in [0, 0.05) is 108 Å². The van der Waals surface area contributed by atoms with E-state index in [1.54, 1.807) is 11.1 Å². The number of carbonyl (C=O) groups is 4. The number of ether oxygens (including phenoxy) is 4. The van der Waals surface area contributed by atoms with E-state index in [1.165, 1.54) is 70.2 Å². The fourth-order valence-corrected chi connectivity index (χ4v) is 36.7. The lowest BCUT2D eigenvalue weighted by atomic mass is 9.42. The van der Waals surface area contributed by atoms with Crippen molar-refractivity contribution in [1.29, 1.82) is 0 Å². The van der Waals surface area contributed by atoms with Crippen LogP contribution in [0.15, 0.2) is 126 Å². The second-order valence-corrected chi connectivity index (χ2v) is 53.2. The van der Waals surface area contributed by atoms with E-state index >= 15 is 0 Å². The van der Waals surface area contributed by atoms with Crippen molar-refractivity contribution in [3.63, 3.8) is 0 Å². The van der Waals surface area contributed by atoms with E-state index in [9.17, 15) is 29.4 Å². The minimum Gasteiger partial charge on any atom is -0.392 e. The van der Waals surface area contributed by atoms with Gasteiger partial charge in [-0.05, 0) is 267 Å². The molecule has 2 unspecified atom stereocenters. The van der Waals surface area contributed by atoms with Crippen LogP contribution >= 0.6 is 0 Å². The van der Waals surface area contributed by atoms with Crippen LogP contribution < -0.4 is 0 Å². The van der Waals surface area contributed by atoms with Crippen LogP contribution in [-0.2, 0) is 61.8 Å². The van der Waals surface area contributed by atoms with Crippen LogP contribution in [0.2, 0.25) is 0 Å². The Hall–Kier alpha value is -5.48. The smallest absolute Gasteiger partial charge is 0.181 e. The predicted molar refractivity (Wildman–Crippen MR) is 525 cm³/mol. The monoisotopic (exact) mass is 1810 g/mol. The normalized spacial score (nSPS) is 43.7. The van der Waals surface area contributed by atoms with Gasteiger partial charge in [0.15, 0.2) is 17.4 Å². The fourth-order valence-electron chi connectivity index (χ4n) is 36.7. The maximum Gasteiger partial charge on any atom is 0.181 e. The fraction of sp³-hybridized carbons (Fsp3) is 0.763. The summed E-state index contributed by atoms with van der Waals surface area (Å²) in [6.45, 7) is 67.2. The molecule has 4 heterocycles. The van der Waals surface area contributed by atoms with E-state index < -0.39 is 11.6 Å². The van der Waals surface area contributed by atoms with Crippen molar-refractivity contribution < 1.29 is 57.4 Å². The topological polar surface area (TPSA) is 198 Å². The maximum atomic E-state index is 12.7. The highest BCUT2D eigenvalue weighted by Crippen LogP contribution is 2.75. The van der Waals surface area contributed by atoms with Crippen LogP contribution in [0.1, 0.15) is 390 Å². The first kappa shape index (κ1) is 98.1. The molecule has 20 aliphatic rings. The Labute approximate surface area is 795 Å². The molecule has 18 aliphatic carbocycles. The zero-order valence-corrected chi connectivity index (χ0v) is 87.3. The van der Waals surface area contributed by atoms with Crippen molar-refractivity contribution in [2.45, 2.75) is 415 Å². The van der Waals surface area contributed by atoms with Crippen LogP contribution in [-0.4, -0.2) is 93.9 Å². The molecular formula is C118H172N2O12. The summed E-state index contributed by atoms with van der Waals surface area (Å²) in [7, 11) is 0. The molecule has 132 heavy (non-hydrogen) atoms. The molecule has 2 aliphatic heterocycles. The molecule has 0 bridgehead atoms. The van der Waals surface area contributed by atoms with Gasteiger partial charge in [-0.25, -0.2) is 0 Å². The largest absolute Gasteiger partial charge is 0.392 e. The molecule has 14 nitrogen and oxygen atoms in total. The highest BCUT2D eigenvalue weighted by atomic mass is 16.7. The number of Topliss-reactive ketones (excluding diaryl/α,β-unsaturated/α-hetero) is 3. The standard InChI is InChI=1S/C21H34O3.C20H25NO2.C20H27NO.C20H30O3.C19H28O.C18H28O2/c1-14-6-7-16-19(4)10-11-21(23-12-13-24-21)18(2,3)15(19)8-9-20(16,5)17(14)22;1-12-9-19(4)7-6-15-18(2,3)17-13(11-21-23-17)10-20(15,5)16(19)8-14(12)22;1-13-6-7-16-19(4,10-13)9-8-15-18(2,3)17-14(12-21-22-17)11-20(15,16)5;1-17(2)14-8-9-19(4)15(6-5-7-16(19)21)18(14,3)10-11-20(17)22-12-13-23-20;1-13-6-7-15-18(4,12-13)10-8-14-17(2,3)16(20)9-11-19(14,15)5;1-16(2)12-8-10-18(4)13(6-5-7-15(18)20)17(12,3)11-9-14(16)19/h7,14-15,17,22H,6,8-13H2,1-5H3;8-9,11,15H,6-7,10H2,1-5H3;7,10,12,15H,6,8-9,11H2,1-5H3;6,14H,5,7-13H2,1-4H3;7,12,14H,6,8-11H2,1-5H3;6,12,15,20H,5,7-11H2,1-4H3/t14?,15-,17?,19-,20+;2*15-,19-,20-;14-,18-,19+;14-,18-,19-;12-,15+,17-,18+/m000000/s1. The van der Waals surface area contributed by atoms with Gasteiger partial charge in [0.25, 0.3) is 0 Å². The SMILES string of the molecule is CC1(C)C(=O)CC[C@]2(C)C3=CCC[C@@H](O)[C@]3(C)CC[C@@H]12.CC1(C)[C@@H]2CC[C@@]3(C)C(=O)CCC=C3[C@@]2(C)CCC12OCCO2.CC1=C[C@]2(C)CC[C@H]3C(C)(C)C(=O)CC[C@]3(C)C2=CC1.CC1=C[C@]2(C)CC[C@H]3C(C)(C)c4oncc4C[C@]3(C)C2=CC1.CC1=C[C@]2(C)CC[C@H]3C(C)(C)c4oncc4C[C@]3(C)C2=CC1=O.CC1CC=C2[C@@](C)(CC[C@H]3C(C)(C)C4(CC[C@]23C)OCCO4)C1O. The van der Waals surface area contributed by atoms with Gasteiger partial charge in [-0.3, -0.25) is 19.2 Å². The average Bonchev–Trinajstić information content (AvgIpc) is 1.18. The molecule has 0 amide bonds. The number of carbonyl (C=O) groups excluding carboxylic acids is 4. The third-order valence-electron chi connectivity index (χ3n) is 43.4. The summed E-state index contributed by atoms with van der Waals surface area (Å²) in [6, 6.07) is 0. The number of aliphatic hydroxyl groups is 2. The lowest BCUT2D eigenvalue weighted by Crippen LogP contribution is -2.63. The summed E-state index contributed by atoms with van der Waals surface area (Å²) < 4.78 is 36.0. The van der Waals surface area contributed by atoms with Crippen LogP contribution in [0.25, 0.3) is 0 Å². The zero-order chi connectivity index (χ0) is 95.8. The number of ketones is 4. The van der Waals surface area contributed by atoms with Gasteiger partial charge in [0.2, 0.25) is 0 Å². The number of hydrogen-bond acceptors (Lipinski definition) is 14. The Morgan fingerprint density at radius 3 is 1.24 bits per heavy atom. The minimum absolute atomic E-state index is 0.00726. The first-order valence-corrected chi connectivity index (χ1v) is 52.6. The quantitative estimate of drug-likeness (QED) is 0.236. The Bertz CT molecular complexity index is 5230. The molecule has 2 aromatic heterocycles. The van der Waals surface area contributed by atoms with Crippen molar-refractivity contribution in [2.24, 2.45) is 128 Å². The summed E-state index contributed by atoms with van der Waals surface area (Å²) in [5, 5.41) is 29.7. The van der Waals surface area contributed by atoms with Crippen molar-refractivity contribution in [3.05, 3.63) is 140 Å². The molecule has 2 aromatic rings. The first-order chi connectivity index (χ1) is 61.3. The van der Waals surface area contributed by atoms with Crippen LogP contribution in [0, 0.1) is 128 Å². The number of aromatic nitrogens is 2. The number of rotatable bonds is 0. The van der Waals surface area contributed by atoms with Gasteiger partial charge in [-0.2, -0.15) is 0 Å². The molecule has 22 rings (SSSR count). The molecule has 2 saturated heterocycles. The molecule has 2 N–H and O–H groups in total. The summed E-state index contributed by atoms with van der Waals surface area (Å²) in [5.74, 6) is 6.36. The molecule has 21 atom stereocenters. The molecule has 10 saturated carbocycles. The number of aliphatic hydroxyl groups excluding tert-OH is 2. The number of fused-ring (bicyclic) bond motifs is 20.